The number of nitrogens with zero attached hydrogens (tertiary/aromatic N) is 1. The number of nitrogens with one attached hydrogen (secondary N) is 1. The second-order valence-corrected chi connectivity index (χ2v) is 4.30. The number of anilines is 1. The molecule has 2 amide bonds. The predicted octanol–water partition coefficient (Wildman–Crippen LogP) is 3.99. The Hall–Kier alpha value is -1.22. The Morgan fingerprint density at radius 3 is 2.35 bits per heavy atom. The van der Waals surface area contributed by atoms with E-state index >= 15 is 0 Å². The van der Waals surface area contributed by atoms with Crippen LogP contribution in [0.25, 0.3) is 0 Å². The fourth-order valence-electron chi connectivity index (χ4n) is 1.61. The second-order valence-electron chi connectivity index (χ2n) is 3.90. The smallest absolute Gasteiger partial charge is 0.321 e. The van der Waals surface area contributed by atoms with Crippen molar-refractivity contribution >= 4 is 23.3 Å². The monoisotopic (exact) mass is 254 g/mol. The van der Waals surface area contributed by atoms with Crippen LogP contribution >= 0.6 is 11.6 Å². The Bertz CT molecular complexity index is 362. The summed E-state index contributed by atoms with van der Waals surface area (Å²) in [5.74, 6) is 0. The third-order valence-electron chi connectivity index (χ3n) is 2.39. The van der Waals surface area contributed by atoms with Crippen LogP contribution in [-0.2, 0) is 0 Å². The Kier molecular flexibility index (Phi) is 5.84. The van der Waals surface area contributed by atoms with Crippen LogP contribution < -0.4 is 5.32 Å². The van der Waals surface area contributed by atoms with Crippen molar-refractivity contribution in [2.45, 2.75) is 26.7 Å². The summed E-state index contributed by atoms with van der Waals surface area (Å²) in [4.78, 5) is 13.8. The van der Waals surface area contributed by atoms with Gasteiger partial charge < -0.3 is 10.2 Å². The van der Waals surface area contributed by atoms with E-state index in [1.54, 1.807) is 12.1 Å². The molecule has 4 heteroatoms. The molecule has 0 aliphatic rings. The molecule has 94 valence electrons. The zero-order valence-corrected chi connectivity index (χ0v) is 11.1. The molecule has 0 fully saturated rings. The first-order chi connectivity index (χ1) is 8.19. The van der Waals surface area contributed by atoms with Crippen LogP contribution in [0, 0.1) is 0 Å². The molecule has 0 aromatic heterocycles. The minimum absolute atomic E-state index is 0.0817. The molecule has 0 aliphatic carbocycles. The van der Waals surface area contributed by atoms with Gasteiger partial charge in [-0.3, -0.25) is 0 Å². The van der Waals surface area contributed by atoms with E-state index in [0.29, 0.717) is 10.7 Å². The van der Waals surface area contributed by atoms with E-state index in [-0.39, 0.29) is 6.03 Å². The highest BCUT2D eigenvalue weighted by Gasteiger charge is 2.12. The highest BCUT2D eigenvalue weighted by molar-refractivity contribution is 6.33. The minimum atomic E-state index is -0.0817. The number of para-hydroxylation sites is 1. The fraction of sp³-hybridized carbons (Fsp3) is 0.462. The number of carbonyl (C=O) groups is 1. The van der Waals surface area contributed by atoms with Gasteiger partial charge in [0.2, 0.25) is 0 Å². The molecule has 1 N–H and O–H groups in total. The van der Waals surface area contributed by atoms with Gasteiger partial charge in [-0.15, -0.1) is 0 Å². The molecule has 0 aliphatic heterocycles. The zero-order valence-electron chi connectivity index (χ0n) is 10.4. The van der Waals surface area contributed by atoms with Crippen LogP contribution in [0.5, 0.6) is 0 Å². The van der Waals surface area contributed by atoms with Gasteiger partial charge in [0.25, 0.3) is 0 Å². The largest absolute Gasteiger partial charge is 0.325 e. The van der Waals surface area contributed by atoms with Gasteiger partial charge in [0.05, 0.1) is 10.7 Å². The van der Waals surface area contributed by atoms with E-state index in [1.807, 2.05) is 17.0 Å². The normalized spacial score (nSPS) is 10.1. The molecule has 0 saturated carbocycles. The number of halogens is 1. The Balaban J connectivity index is 2.66. The summed E-state index contributed by atoms with van der Waals surface area (Å²) in [5.41, 5.74) is 0.663. The average molecular weight is 255 g/mol. The van der Waals surface area contributed by atoms with Gasteiger partial charge >= 0.3 is 6.03 Å². The molecular weight excluding hydrogens is 236 g/mol. The summed E-state index contributed by atoms with van der Waals surface area (Å²) in [6, 6.07) is 7.18. The Morgan fingerprint density at radius 1 is 1.24 bits per heavy atom. The summed E-state index contributed by atoms with van der Waals surface area (Å²) in [7, 11) is 0. The number of amides is 2. The van der Waals surface area contributed by atoms with Crippen molar-refractivity contribution in [2.24, 2.45) is 0 Å². The molecule has 1 aromatic rings. The van der Waals surface area contributed by atoms with Crippen molar-refractivity contribution in [3.05, 3.63) is 29.3 Å². The first kappa shape index (κ1) is 13.8. The number of urea groups is 1. The first-order valence-electron chi connectivity index (χ1n) is 5.99. The SMILES string of the molecule is CCCN(CCC)C(=O)Nc1ccccc1Cl. The lowest BCUT2D eigenvalue weighted by molar-refractivity contribution is 0.211. The van der Waals surface area contributed by atoms with Crippen LogP contribution in [0.1, 0.15) is 26.7 Å². The summed E-state index contributed by atoms with van der Waals surface area (Å²) in [6.07, 6.45) is 1.91. The highest BCUT2D eigenvalue weighted by Crippen LogP contribution is 2.20. The van der Waals surface area contributed by atoms with Crippen LogP contribution in [0.3, 0.4) is 0 Å². The number of rotatable bonds is 5. The maximum Gasteiger partial charge on any atom is 0.321 e. The van der Waals surface area contributed by atoms with Gasteiger partial charge in [0.15, 0.2) is 0 Å². The van der Waals surface area contributed by atoms with Gasteiger partial charge in [0, 0.05) is 13.1 Å². The van der Waals surface area contributed by atoms with Crippen molar-refractivity contribution < 1.29 is 4.79 Å². The lowest BCUT2D eigenvalue weighted by Crippen LogP contribution is -2.36. The third kappa shape index (κ3) is 4.27. The summed E-state index contributed by atoms with van der Waals surface area (Å²) < 4.78 is 0. The number of carbonyl (C=O) groups excluding carboxylic acids is 1. The first-order valence-corrected chi connectivity index (χ1v) is 6.37. The molecule has 17 heavy (non-hydrogen) atoms. The average Bonchev–Trinajstić information content (AvgIpc) is 2.32. The van der Waals surface area contributed by atoms with Crippen LogP contribution in [0.15, 0.2) is 24.3 Å². The molecular formula is C13H19ClN2O. The van der Waals surface area contributed by atoms with Gasteiger partial charge in [-0.25, -0.2) is 4.79 Å². The van der Waals surface area contributed by atoms with E-state index in [1.165, 1.54) is 0 Å². The van der Waals surface area contributed by atoms with Gasteiger partial charge in [0.1, 0.15) is 0 Å². The van der Waals surface area contributed by atoms with Gasteiger partial charge in [-0.1, -0.05) is 37.6 Å². The molecule has 0 atom stereocenters. The molecule has 0 heterocycles. The van der Waals surface area contributed by atoms with Crippen molar-refractivity contribution in [3.8, 4) is 0 Å². The number of hydrogen-bond donors (Lipinski definition) is 1. The molecule has 0 spiro atoms. The molecule has 3 nitrogen and oxygen atoms in total. The molecule has 1 aromatic carbocycles. The van der Waals surface area contributed by atoms with E-state index in [2.05, 4.69) is 19.2 Å². The molecule has 0 bridgehead atoms. The minimum Gasteiger partial charge on any atom is -0.325 e. The Labute approximate surface area is 108 Å². The lowest BCUT2D eigenvalue weighted by atomic mass is 10.3. The van der Waals surface area contributed by atoms with E-state index in [9.17, 15) is 4.79 Å². The molecule has 0 saturated heterocycles. The maximum atomic E-state index is 12.0. The Morgan fingerprint density at radius 2 is 1.82 bits per heavy atom. The number of benzene rings is 1. The molecule has 0 unspecified atom stereocenters. The van der Waals surface area contributed by atoms with Crippen LogP contribution in [0.2, 0.25) is 5.02 Å². The quantitative estimate of drug-likeness (QED) is 0.847. The standard InChI is InChI=1S/C13H19ClN2O/c1-3-9-16(10-4-2)13(17)15-12-8-6-5-7-11(12)14/h5-8H,3-4,9-10H2,1-2H3,(H,15,17). The van der Waals surface area contributed by atoms with Gasteiger partial charge in [-0.05, 0) is 25.0 Å². The predicted molar refractivity (Wildman–Crippen MR) is 72.6 cm³/mol. The third-order valence-corrected chi connectivity index (χ3v) is 2.72. The maximum absolute atomic E-state index is 12.0. The summed E-state index contributed by atoms with van der Waals surface area (Å²) in [6.45, 7) is 5.66. The van der Waals surface area contributed by atoms with Crippen LogP contribution in [0.4, 0.5) is 10.5 Å². The fourth-order valence-corrected chi connectivity index (χ4v) is 1.79. The summed E-state index contributed by atoms with van der Waals surface area (Å²) >= 11 is 5.99. The lowest BCUT2D eigenvalue weighted by Gasteiger charge is -2.22. The van der Waals surface area contributed by atoms with Crippen LogP contribution in [-0.4, -0.2) is 24.0 Å². The van der Waals surface area contributed by atoms with Crippen molar-refractivity contribution in [2.75, 3.05) is 18.4 Å². The molecule has 0 radical (unpaired) electrons. The van der Waals surface area contributed by atoms with E-state index in [0.717, 1.165) is 25.9 Å². The van der Waals surface area contributed by atoms with E-state index in [4.69, 9.17) is 11.6 Å². The van der Waals surface area contributed by atoms with Crippen molar-refractivity contribution in [1.29, 1.82) is 0 Å². The van der Waals surface area contributed by atoms with Crippen molar-refractivity contribution in [3.63, 3.8) is 0 Å². The number of hydrogen-bond acceptors (Lipinski definition) is 1. The zero-order chi connectivity index (χ0) is 12.7. The van der Waals surface area contributed by atoms with Crippen molar-refractivity contribution in [1.82, 2.24) is 4.90 Å². The topological polar surface area (TPSA) is 32.3 Å². The highest BCUT2D eigenvalue weighted by atomic mass is 35.5. The second kappa shape index (κ2) is 7.17. The molecule has 1 rings (SSSR count). The van der Waals surface area contributed by atoms with E-state index < -0.39 is 0 Å². The van der Waals surface area contributed by atoms with Gasteiger partial charge in [-0.2, -0.15) is 0 Å². The summed E-state index contributed by atoms with van der Waals surface area (Å²) in [5, 5.41) is 3.40.